The average molecular weight is 385 g/mol. The minimum atomic E-state index is 0.00568. The minimum Gasteiger partial charge on any atom is -0.357 e. The van der Waals surface area contributed by atoms with E-state index in [0.717, 1.165) is 43.3 Å². The molecule has 1 atom stereocenters. The Morgan fingerprint density at radius 2 is 2.07 bits per heavy atom. The first-order valence-electron chi connectivity index (χ1n) is 9.68. The summed E-state index contributed by atoms with van der Waals surface area (Å²) in [6.45, 7) is 6.35. The van der Waals surface area contributed by atoms with Crippen molar-refractivity contribution in [3.05, 3.63) is 58.3 Å². The number of nitrogens with one attached hydrogen (secondary N) is 2. The number of hydrogen-bond acceptors (Lipinski definition) is 3. The fourth-order valence-corrected chi connectivity index (χ4v) is 3.98. The standard InChI is InChI=1S/C21H28N4OS/c1-2-22-21(24-13-7-12-23-20(26)19-10-6-15-27-19)25-14-11-18(16-25)17-8-4-3-5-9-17/h3-6,8-10,15,18H,2,7,11-14,16H2,1H3,(H,22,24)(H,23,26). The van der Waals surface area contributed by atoms with E-state index >= 15 is 0 Å². The summed E-state index contributed by atoms with van der Waals surface area (Å²) in [6, 6.07) is 14.5. The molecule has 1 aromatic carbocycles. The number of aliphatic imine (C=N–C) groups is 1. The molecule has 144 valence electrons. The van der Waals surface area contributed by atoms with E-state index in [0.29, 0.717) is 19.0 Å². The molecule has 0 saturated carbocycles. The molecule has 27 heavy (non-hydrogen) atoms. The maximum Gasteiger partial charge on any atom is 0.261 e. The zero-order chi connectivity index (χ0) is 18.9. The molecule has 1 unspecified atom stereocenters. The lowest BCUT2D eigenvalue weighted by Crippen LogP contribution is -2.40. The van der Waals surface area contributed by atoms with Gasteiger partial charge in [0.15, 0.2) is 5.96 Å². The van der Waals surface area contributed by atoms with Crippen LogP contribution >= 0.6 is 11.3 Å². The van der Waals surface area contributed by atoms with Gasteiger partial charge in [-0.1, -0.05) is 36.4 Å². The van der Waals surface area contributed by atoms with E-state index in [1.54, 1.807) is 0 Å². The Labute approximate surface area is 165 Å². The highest BCUT2D eigenvalue weighted by Gasteiger charge is 2.25. The topological polar surface area (TPSA) is 56.7 Å². The number of carbonyl (C=O) groups excluding carboxylic acids is 1. The number of hydrogen-bond donors (Lipinski definition) is 2. The fraction of sp³-hybridized carbons (Fsp3) is 0.429. The van der Waals surface area contributed by atoms with Gasteiger partial charge in [-0.25, -0.2) is 0 Å². The highest BCUT2D eigenvalue weighted by Crippen LogP contribution is 2.26. The monoisotopic (exact) mass is 384 g/mol. The van der Waals surface area contributed by atoms with Crippen LogP contribution in [0, 0.1) is 0 Å². The van der Waals surface area contributed by atoms with Gasteiger partial charge in [0.2, 0.25) is 0 Å². The molecule has 6 heteroatoms. The van der Waals surface area contributed by atoms with Gasteiger partial charge >= 0.3 is 0 Å². The van der Waals surface area contributed by atoms with Crippen LogP contribution in [0.2, 0.25) is 0 Å². The largest absolute Gasteiger partial charge is 0.357 e. The van der Waals surface area contributed by atoms with Crippen molar-refractivity contribution in [1.82, 2.24) is 15.5 Å². The van der Waals surface area contributed by atoms with Crippen LogP contribution < -0.4 is 10.6 Å². The molecule has 5 nitrogen and oxygen atoms in total. The Balaban J connectivity index is 1.46. The average Bonchev–Trinajstić information content (AvgIpc) is 3.39. The first-order valence-corrected chi connectivity index (χ1v) is 10.6. The first-order chi connectivity index (χ1) is 13.3. The molecule has 0 aliphatic carbocycles. The minimum absolute atomic E-state index is 0.00568. The summed E-state index contributed by atoms with van der Waals surface area (Å²) in [4.78, 5) is 19.8. The smallest absolute Gasteiger partial charge is 0.261 e. The van der Waals surface area contributed by atoms with Crippen LogP contribution in [-0.2, 0) is 0 Å². The number of guanidine groups is 1. The normalized spacial score (nSPS) is 17.1. The van der Waals surface area contributed by atoms with Crippen molar-refractivity contribution in [2.45, 2.75) is 25.7 Å². The number of rotatable bonds is 7. The second-order valence-corrected chi connectivity index (χ2v) is 7.61. The third-order valence-corrected chi connectivity index (χ3v) is 5.59. The molecule has 2 heterocycles. The van der Waals surface area contributed by atoms with Crippen LogP contribution in [0.3, 0.4) is 0 Å². The maximum atomic E-state index is 11.9. The zero-order valence-electron chi connectivity index (χ0n) is 15.9. The summed E-state index contributed by atoms with van der Waals surface area (Å²) >= 11 is 1.47. The van der Waals surface area contributed by atoms with E-state index in [9.17, 15) is 4.79 Å². The summed E-state index contributed by atoms with van der Waals surface area (Å²) in [5, 5.41) is 8.28. The second kappa shape index (κ2) is 10.1. The number of benzene rings is 1. The van der Waals surface area contributed by atoms with Gasteiger partial charge < -0.3 is 15.5 Å². The van der Waals surface area contributed by atoms with Crippen LogP contribution in [0.4, 0.5) is 0 Å². The van der Waals surface area contributed by atoms with Gasteiger partial charge in [-0.2, -0.15) is 0 Å². The molecule has 2 aromatic rings. The summed E-state index contributed by atoms with van der Waals surface area (Å²) < 4.78 is 0. The maximum absolute atomic E-state index is 11.9. The third kappa shape index (κ3) is 5.57. The van der Waals surface area contributed by atoms with Crippen molar-refractivity contribution >= 4 is 23.2 Å². The quantitative estimate of drug-likeness (QED) is 0.437. The number of amides is 1. The van der Waals surface area contributed by atoms with E-state index in [1.165, 1.54) is 16.9 Å². The van der Waals surface area contributed by atoms with Gasteiger partial charge in [-0.05, 0) is 36.8 Å². The molecular formula is C21H28N4OS. The lowest BCUT2D eigenvalue weighted by Gasteiger charge is -2.21. The van der Waals surface area contributed by atoms with Crippen LogP contribution in [0.1, 0.15) is 40.9 Å². The second-order valence-electron chi connectivity index (χ2n) is 6.66. The van der Waals surface area contributed by atoms with E-state index < -0.39 is 0 Å². The number of carbonyl (C=O) groups is 1. The molecule has 0 bridgehead atoms. The van der Waals surface area contributed by atoms with Crippen molar-refractivity contribution in [1.29, 1.82) is 0 Å². The summed E-state index contributed by atoms with van der Waals surface area (Å²) in [6.07, 6.45) is 1.99. The molecule has 1 aliphatic rings. The fourth-order valence-electron chi connectivity index (χ4n) is 3.34. The lowest BCUT2D eigenvalue weighted by molar-refractivity contribution is 0.0957. The third-order valence-electron chi connectivity index (χ3n) is 4.72. The SMILES string of the molecule is CCNC(=NCCCNC(=O)c1cccs1)N1CCC(c2ccccc2)C1. The molecule has 1 aliphatic heterocycles. The van der Waals surface area contributed by atoms with E-state index in [-0.39, 0.29) is 5.91 Å². The summed E-state index contributed by atoms with van der Waals surface area (Å²) in [5.41, 5.74) is 1.41. The van der Waals surface area contributed by atoms with Gasteiger partial charge in [-0.15, -0.1) is 11.3 Å². The Kier molecular flexibility index (Phi) is 7.27. The summed E-state index contributed by atoms with van der Waals surface area (Å²) in [7, 11) is 0. The van der Waals surface area contributed by atoms with Gasteiger partial charge in [0.05, 0.1) is 4.88 Å². The van der Waals surface area contributed by atoms with Crippen molar-refractivity contribution in [2.75, 3.05) is 32.7 Å². The first kappa shape index (κ1) is 19.4. The van der Waals surface area contributed by atoms with E-state index in [4.69, 9.17) is 4.99 Å². The van der Waals surface area contributed by atoms with Crippen molar-refractivity contribution < 1.29 is 4.79 Å². The Hall–Kier alpha value is -2.34. The van der Waals surface area contributed by atoms with Crippen molar-refractivity contribution in [3.8, 4) is 0 Å². The lowest BCUT2D eigenvalue weighted by atomic mass is 9.99. The van der Waals surface area contributed by atoms with Gasteiger partial charge in [0, 0.05) is 38.6 Å². The van der Waals surface area contributed by atoms with Crippen molar-refractivity contribution in [2.24, 2.45) is 4.99 Å². The molecule has 0 radical (unpaired) electrons. The molecule has 1 saturated heterocycles. The summed E-state index contributed by atoms with van der Waals surface area (Å²) in [5.74, 6) is 1.56. The van der Waals surface area contributed by atoms with E-state index in [1.807, 2.05) is 17.5 Å². The zero-order valence-corrected chi connectivity index (χ0v) is 16.7. The molecule has 1 fully saturated rings. The molecule has 1 aromatic heterocycles. The van der Waals surface area contributed by atoms with Crippen LogP contribution in [0.5, 0.6) is 0 Å². The van der Waals surface area contributed by atoms with Gasteiger partial charge in [0.1, 0.15) is 0 Å². The highest BCUT2D eigenvalue weighted by molar-refractivity contribution is 7.12. The Bertz CT molecular complexity index is 730. The van der Waals surface area contributed by atoms with Crippen LogP contribution in [0.15, 0.2) is 52.8 Å². The predicted molar refractivity (Wildman–Crippen MR) is 113 cm³/mol. The number of likely N-dealkylation sites (tertiary alicyclic amines) is 1. The predicted octanol–water partition coefficient (Wildman–Crippen LogP) is 3.32. The van der Waals surface area contributed by atoms with E-state index in [2.05, 4.69) is 52.8 Å². The highest BCUT2D eigenvalue weighted by atomic mass is 32.1. The van der Waals surface area contributed by atoms with Gasteiger partial charge in [-0.3, -0.25) is 9.79 Å². The van der Waals surface area contributed by atoms with Crippen LogP contribution in [0.25, 0.3) is 0 Å². The Morgan fingerprint density at radius 1 is 1.22 bits per heavy atom. The van der Waals surface area contributed by atoms with Gasteiger partial charge in [0.25, 0.3) is 5.91 Å². The molecule has 1 amide bonds. The molecular weight excluding hydrogens is 356 g/mol. The number of thiophene rings is 1. The number of nitrogens with zero attached hydrogens (tertiary/aromatic N) is 2. The van der Waals surface area contributed by atoms with Crippen molar-refractivity contribution in [3.63, 3.8) is 0 Å². The Morgan fingerprint density at radius 3 is 2.81 bits per heavy atom. The molecule has 2 N–H and O–H groups in total. The molecule has 3 rings (SSSR count). The molecule has 0 spiro atoms. The van der Waals surface area contributed by atoms with Crippen LogP contribution in [-0.4, -0.2) is 49.5 Å².